The highest BCUT2D eigenvalue weighted by Gasteiger charge is 2.26. The summed E-state index contributed by atoms with van der Waals surface area (Å²) in [7, 11) is 0. The van der Waals surface area contributed by atoms with E-state index in [2.05, 4.69) is 21.2 Å². The molecule has 1 fully saturated rings. The standard InChI is InChI=1S/C14H17BrN2O3/c15-11-7-2-1-3-8-12(11)16-14(18)10-6-4-5-9-13(10)17(19)20/h4-6,9,11-12H,1-3,7-8H2,(H,16,18). The fourth-order valence-corrected chi connectivity index (χ4v) is 3.22. The molecular formula is C14H17BrN2O3. The SMILES string of the molecule is O=C(NC1CCCCCC1Br)c1ccccc1[N+](=O)[O-]. The van der Waals surface area contributed by atoms with Crippen molar-refractivity contribution < 1.29 is 9.72 Å². The number of halogens is 1. The van der Waals surface area contributed by atoms with Gasteiger partial charge in [0.1, 0.15) is 5.56 Å². The van der Waals surface area contributed by atoms with Crippen molar-refractivity contribution in [3.8, 4) is 0 Å². The predicted octanol–water partition coefficient (Wildman–Crippen LogP) is 3.42. The molecule has 5 nitrogen and oxygen atoms in total. The van der Waals surface area contributed by atoms with Gasteiger partial charge < -0.3 is 5.32 Å². The van der Waals surface area contributed by atoms with Crippen LogP contribution in [0.1, 0.15) is 42.5 Å². The summed E-state index contributed by atoms with van der Waals surface area (Å²) in [6.45, 7) is 0. The quantitative estimate of drug-likeness (QED) is 0.396. The minimum atomic E-state index is -0.520. The van der Waals surface area contributed by atoms with E-state index in [9.17, 15) is 14.9 Å². The van der Waals surface area contributed by atoms with Gasteiger partial charge in [0.15, 0.2) is 0 Å². The topological polar surface area (TPSA) is 72.2 Å². The van der Waals surface area contributed by atoms with Crippen LogP contribution in [-0.2, 0) is 0 Å². The van der Waals surface area contributed by atoms with E-state index in [0.717, 1.165) is 25.7 Å². The molecule has 0 bridgehead atoms. The number of rotatable bonds is 3. The fourth-order valence-electron chi connectivity index (χ4n) is 2.50. The molecule has 1 amide bonds. The molecule has 0 aromatic heterocycles. The molecule has 0 heterocycles. The molecule has 1 aliphatic carbocycles. The van der Waals surface area contributed by atoms with Crippen LogP contribution in [0.4, 0.5) is 5.69 Å². The summed E-state index contributed by atoms with van der Waals surface area (Å²) < 4.78 is 0. The molecular weight excluding hydrogens is 324 g/mol. The highest BCUT2D eigenvalue weighted by atomic mass is 79.9. The zero-order valence-electron chi connectivity index (χ0n) is 11.0. The first-order valence-corrected chi connectivity index (χ1v) is 7.69. The first-order valence-electron chi connectivity index (χ1n) is 6.78. The van der Waals surface area contributed by atoms with Crippen molar-refractivity contribution in [2.45, 2.75) is 43.0 Å². The van der Waals surface area contributed by atoms with Gasteiger partial charge in [0.2, 0.25) is 0 Å². The second kappa shape index (κ2) is 6.83. The second-order valence-corrected chi connectivity index (χ2v) is 6.18. The summed E-state index contributed by atoms with van der Waals surface area (Å²) in [6, 6.07) is 6.08. The minimum Gasteiger partial charge on any atom is -0.348 e. The normalized spacial score (nSPS) is 22.9. The van der Waals surface area contributed by atoms with Gasteiger partial charge in [-0.25, -0.2) is 0 Å². The Kier molecular flexibility index (Phi) is 5.11. The highest BCUT2D eigenvalue weighted by molar-refractivity contribution is 9.09. The average Bonchev–Trinajstić information content (AvgIpc) is 2.64. The number of para-hydroxylation sites is 1. The van der Waals surface area contributed by atoms with Gasteiger partial charge in [-0.05, 0) is 18.9 Å². The molecule has 2 rings (SSSR count). The number of benzene rings is 1. The average molecular weight is 341 g/mol. The van der Waals surface area contributed by atoms with Crippen molar-refractivity contribution in [3.05, 3.63) is 39.9 Å². The van der Waals surface area contributed by atoms with Gasteiger partial charge in [-0.1, -0.05) is 47.3 Å². The first kappa shape index (κ1) is 15.0. The van der Waals surface area contributed by atoms with Crippen LogP contribution < -0.4 is 5.32 Å². The van der Waals surface area contributed by atoms with Crippen molar-refractivity contribution >= 4 is 27.5 Å². The van der Waals surface area contributed by atoms with Crippen LogP contribution in [0, 0.1) is 10.1 Å². The van der Waals surface area contributed by atoms with Gasteiger partial charge >= 0.3 is 0 Å². The molecule has 6 heteroatoms. The maximum atomic E-state index is 12.3. The molecule has 1 saturated carbocycles. The predicted molar refractivity (Wildman–Crippen MR) is 80.2 cm³/mol. The van der Waals surface area contributed by atoms with Gasteiger partial charge in [-0.3, -0.25) is 14.9 Å². The third kappa shape index (κ3) is 3.56. The van der Waals surface area contributed by atoms with E-state index in [4.69, 9.17) is 0 Å². The molecule has 0 aliphatic heterocycles. The number of nitrogens with zero attached hydrogens (tertiary/aromatic N) is 1. The number of hydrogen-bond donors (Lipinski definition) is 1. The van der Waals surface area contributed by atoms with E-state index in [1.807, 2.05) is 0 Å². The molecule has 1 aromatic carbocycles. The molecule has 1 aliphatic rings. The maximum Gasteiger partial charge on any atom is 0.282 e. The van der Waals surface area contributed by atoms with Gasteiger partial charge in [-0.2, -0.15) is 0 Å². The number of carbonyl (C=O) groups excluding carboxylic acids is 1. The Balaban J connectivity index is 2.13. The lowest BCUT2D eigenvalue weighted by Crippen LogP contribution is -2.40. The van der Waals surface area contributed by atoms with Gasteiger partial charge in [0.25, 0.3) is 11.6 Å². The number of hydrogen-bond acceptors (Lipinski definition) is 3. The van der Waals surface area contributed by atoms with Crippen molar-refractivity contribution in [2.75, 3.05) is 0 Å². The first-order chi connectivity index (χ1) is 9.59. The van der Waals surface area contributed by atoms with E-state index < -0.39 is 4.92 Å². The Morgan fingerprint density at radius 3 is 2.70 bits per heavy atom. The van der Waals surface area contributed by atoms with E-state index in [-0.39, 0.29) is 28.0 Å². The van der Waals surface area contributed by atoms with Gasteiger partial charge in [0, 0.05) is 16.9 Å². The lowest BCUT2D eigenvalue weighted by atomic mass is 10.1. The van der Waals surface area contributed by atoms with Crippen molar-refractivity contribution in [1.82, 2.24) is 5.32 Å². The summed E-state index contributed by atoms with van der Waals surface area (Å²) in [5.41, 5.74) is -0.0220. The van der Waals surface area contributed by atoms with Crippen molar-refractivity contribution in [2.24, 2.45) is 0 Å². The van der Waals surface area contributed by atoms with Crippen LogP contribution in [0.3, 0.4) is 0 Å². The number of nitro groups is 1. The number of carbonyl (C=O) groups is 1. The summed E-state index contributed by atoms with van der Waals surface area (Å²) in [6.07, 6.45) is 5.31. The molecule has 1 aromatic rings. The summed E-state index contributed by atoms with van der Waals surface area (Å²) in [4.78, 5) is 22.9. The second-order valence-electron chi connectivity index (χ2n) is 5.01. The third-order valence-electron chi connectivity index (χ3n) is 3.59. The molecule has 0 spiro atoms. The Morgan fingerprint density at radius 2 is 1.95 bits per heavy atom. The van der Waals surface area contributed by atoms with Crippen LogP contribution in [0.5, 0.6) is 0 Å². The van der Waals surface area contributed by atoms with E-state index >= 15 is 0 Å². The Bertz CT molecular complexity index is 507. The molecule has 108 valence electrons. The van der Waals surface area contributed by atoms with Crippen LogP contribution >= 0.6 is 15.9 Å². The summed E-state index contributed by atoms with van der Waals surface area (Å²) in [5, 5.41) is 13.9. The molecule has 20 heavy (non-hydrogen) atoms. The van der Waals surface area contributed by atoms with E-state index in [1.165, 1.54) is 18.6 Å². The monoisotopic (exact) mass is 340 g/mol. The van der Waals surface area contributed by atoms with E-state index in [0.29, 0.717) is 0 Å². The Morgan fingerprint density at radius 1 is 1.25 bits per heavy atom. The van der Waals surface area contributed by atoms with Crippen LogP contribution in [0.2, 0.25) is 0 Å². The third-order valence-corrected chi connectivity index (χ3v) is 4.69. The van der Waals surface area contributed by atoms with Gasteiger partial charge in [0.05, 0.1) is 4.92 Å². The maximum absolute atomic E-state index is 12.3. The summed E-state index contributed by atoms with van der Waals surface area (Å²) in [5.74, 6) is -0.367. The number of nitrogens with one attached hydrogen (secondary N) is 1. The van der Waals surface area contributed by atoms with Crippen LogP contribution in [-0.4, -0.2) is 21.7 Å². The lowest BCUT2D eigenvalue weighted by Gasteiger charge is -2.21. The van der Waals surface area contributed by atoms with E-state index in [1.54, 1.807) is 12.1 Å². The smallest absolute Gasteiger partial charge is 0.282 e. The Labute approximate surface area is 126 Å². The molecule has 2 unspecified atom stereocenters. The zero-order chi connectivity index (χ0) is 14.5. The lowest BCUT2D eigenvalue weighted by molar-refractivity contribution is -0.385. The zero-order valence-corrected chi connectivity index (χ0v) is 12.6. The number of alkyl halides is 1. The number of amides is 1. The van der Waals surface area contributed by atoms with Crippen molar-refractivity contribution in [3.63, 3.8) is 0 Å². The number of nitro benzene ring substituents is 1. The largest absolute Gasteiger partial charge is 0.348 e. The van der Waals surface area contributed by atoms with Crippen LogP contribution in [0.25, 0.3) is 0 Å². The summed E-state index contributed by atoms with van der Waals surface area (Å²) >= 11 is 3.60. The van der Waals surface area contributed by atoms with Crippen LogP contribution in [0.15, 0.2) is 24.3 Å². The Hall–Kier alpha value is -1.43. The van der Waals surface area contributed by atoms with Gasteiger partial charge in [-0.15, -0.1) is 0 Å². The molecule has 2 atom stereocenters. The molecule has 0 radical (unpaired) electrons. The minimum absolute atomic E-state index is 0.0322. The molecule has 0 saturated heterocycles. The molecule has 1 N–H and O–H groups in total. The fraction of sp³-hybridized carbons (Fsp3) is 0.500. The highest BCUT2D eigenvalue weighted by Crippen LogP contribution is 2.25. The van der Waals surface area contributed by atoms with Crippen molar-refractivity contribution in [1.29, 1.82) is 0 Å².